The fraction of sp³-hybridized carbons (Fsp3) is 0.404. The number of anilines is 1. The number of ketones is 1. The first-order valence-corrected chi connectivity index (χ1v) is 20.2. The molecule has 2 atom stereocenters. The molecule has 1 aliphatic rings. The number of allylic oxidation sites excluding steroid dienone is 6. The van der Waals surface area contributed by atoms with E-state index < -0.39 is 12.0 Å². The SMILES string of the molecule is C.C.CC(=O)CC(C(=O)Oc1c(C)cc2c(c1C)CCC(C)(CC/C=C(\C)CC/C=C(\C)CCC=C(C)C)O2)[n+]1c(/C=C/c2ccc(N)cc2)ccc2ccccc21. The molecule has 6 nitrogen and oxygen atoms in total. The van der Waals surface area contributed by atoms with Gasteiger partial charge in [-0.15, -0.1) is 0 Å². The third-order valence-electron chi connectivity index (χ3n) is 10.9. The highest BCUT2D eigenvalue weighted by Gasteiger charge is 2.37. The summed E-state index contributed by atoms with van der Waals surface area (Å²) in [6, 6.07) is 20.6. The van der Waals surface area contributed by atoms with E-state index in [1.54, 1.807) is 0 Å². The highest BCUT2D eigenvalue weighted by molar-refractivity contribution is 5.85. The van der Waals surface area contributed by atoms with Crippen LogP contribution < -0.4 is 19.8 Å². The third-order valence-corrected chi connectivity index (χ3v) is 10.9. The van der Waals surface area contributed by atoms with E-state index in [1.807, 2.05) is 97.3 Å². The molecule has 2 N–H and O–H groups in total. The number of nitrogens with zero attached hydrogens (tertiary/aromatic N) is 1. The number of para-hydroxylation sites is 1. The van der Waals surface area contributed by atoms with Crippen LogP contribution in [0.25, 0.3) is 23.1 Å². The van der Waals surface area contributed by atoms with Gasteiger partial charge in [-0.2, -0.15) is 4.57 Å². The van der Waals surface area contributed by atoms with Gasteiger partial charge in [0.15, 0.2) is 0 Å². The lowest BCUT2D eigenvalue weighted by molar-refractivity contribution is -0.686. The summed E-state index contributed by atoms with van der Waals surface area (Å²) in [7, 11) is 0. The number of carbonyl (C=O) groups excluding carboxylic acids is 2. The summed E-state index contributed by atoms with van der Waals surface area (Å²) >= 11 is 0. The first kappa shape index (κ1) is 47.1. The van der Waals surface area contributed by atoms with Crippen LogP contribution >= 0.6 is 0 Å². The summed E-state index contributed by atoms with van der Waals surface area (Å²) in [6.45, 7) is 16.5. The first-order chi connectivity index (χ1) is 26.7. The predicted octanol–water partition coefficient (Wildman–Crippen LogP) is 13.2. The van der Waals surface area contributed by atoms with Crippen molar-refractivity contribution in [1.82, 2.24) is 0 Å². The van der Waals surface area contributed by atoms with E-state index in [1.165, 1.54) is 23.6 Å². The van der Waals surface area contributed by atoms with Crippen molar-refractivity contribution in [2.24, 2.45) is 0 Å². The van der Waals surface area contributed by atoms with Crippen molar-refractivity contribution in [3.8, 4) is 11.5 Å². The summed E-state index contributed by atoms with van der Waals surface area (Å²) in [5.41, 5.74) is 16.0. The highest BCUT2D eigenvalue weighted by Crippen LogP contribution is 2.42. The fourth-order valence-corrected chi connectivity index (χ4v) is 7.61. The Bertz CT molecular complexity index is 2170. The number of fused-ring (bicyclic) bond motifs is 2. The van der Waals surface area contributed by atoms with Gasteiger partial charge in [0.25, 0.3) is 6.04 Å². The van der Waals surface area contributed by atoms with E-state index in [0.717, 1.165) is 96.0 Å². The van der Waals surface area contributed by atoms with E-state index in [4.69, 9.17) is 15.2 Å². The van der Waals surface area contributed by atoms with Gasteiger partial charge in [-0.3, -0.25) is 4.79 Å². The number of aryl methyl sites for hydroxylation is 1. The molecule has 0 bridgehead atoms. The number of rotatable bonds is 16. The third kappa shape index (κ3) is 12.6. The summed E-state index contributed by atoms with van der Waals surface area (Å²) in [4.78, 5) is 27.2. The minimum atomic E-state index is -0.886. The number of aromatic nitrogens is 1. The number of hydrogen-bond donors (Lipinski definition) is 1. The Balaban J connectivity index is 0.00000450. The van der Waals surface area contributed by atoms with Crippen molar-refractivity contribution in [2.75, 3.05) is 5.73 Å². The molecule has 2 heterocycles. The van der Waals surface area contributed by atoms with Gasteiger partial charge in [-0.05, 0) is 160 Å². The predicted molar refractivity (Wildman–Crippen MR) is 245 cm³/mol. The zero-order valence-electron chi connectivity index (χ0n) is 34.8. The second-order valence-corrected chi connectivity index (χ2v) is 16.2. The van der Waals surface area contributed by atoms with Gasteiger partial charge < -0.3 is 15.2 Å². The number of Topliss-reactive ketones (excluding diaryl/α,β-unsaturated/α-hetero) is 1. The quantitative estimate of drug-likeness (QED) is 0.0402. The Kier molecular flexibility index (Phi) is 17.5. The number of ether oxygens (including phenoxy) is 2. The summed E-state index contributed by atoms with van der Waals surface area (Å²) in [5.74, 6) is 0.818. The Hall–Kier alpha value is -5.23. The van der Waals surface area contributed by atoms with Crippen LogP contribution in [0.1, 0.15) is 142 Å². The van der Waals surface area contributed by atoms with Gasteiger partial charge >= 0.3 is 5.97 Å². The lowest BCUT2D eigenvalue weighted by Gasteiger charge is -2.37. The minimum Gasteiger partial charge on any atom is -0.487 e. The van der Waals surface area contributed by atoms with Crippen molar-refractivity contribution in [3.05, 3.63) is 130 Å². The van der Waals surface area contributed by atoms with Crippen LogP contribution in [0.5, 0.6) is 11.5 Å². The van der Waals surface area contributed by atoms with E-state index in [-0.39, 0.29) is 32.7 Å². The molecule has 0 saturated heterocycles. The lowest BCUT2D eigenvalue weighted by Crippen LogP contribution is -2.49. The maximum atomic E-state index is 14.4. The Morgan fingerprint density at radius 1 is 0.862 bits per heavy atom. The number of pyridine rings is 1. The number of nitrogens with two attached hydrogens (primary N) is 1. The summed E-state index contributed by atoms with van der Waals surface area (Å²) in [5, 5.41) is 0.957. The lowest BCUT2D eigenvalue weighted by atomic mass is 9.86. The molecule has 0 saturated carbocycles. The van der Waals surface area contributed by atoms with Crippen LogP contribution in [-0.4, -0.2) is 17.4 Å². The van der Waals surface area contributed by atoms with Crippen molar-refractivity contribution < 1.29 is 23.6 Å². The van der Waals surface area contributed by atoms with Gasteiger partial charge in [-0.1, -0.05) is 74.1 Å². The van der Waals surface area contributed by atoms with Gasteiger partial charge in [0, 0.05) is 34.8 Å². The number of carbonyl (C=O) groups is 2. The van der Waals surface area contributed by atoms with Gasteiger partial charge in [0.2, 0.25) is 11.2 Å². The molecule has 4 aromatic rings. The standard InChI is InChI=1S/C50H60N2O4.2CH4/c1-34(2)14-11-15-35(3)16-12-17-36(4)18-13-30-50(8)31-29-44-39(7)48(37(5)32-47(44)56-50)55-49(54)46(33-38(6)53)52-43(27-23-40-21-25-42(51)26-22-40)28-24-41-19-9-10-20-45(41)52;;/h9-10,14,16,18-28,32,46,51H,11-13,15,17,29-31,33H2,1-8H3;2*1H4/p+1/b35-16+,36-18+;;. The van der Waals surface area contributed by atoms with Crippen LogP contribution in [0, 0.1) is 13.8 Å². The van der Waals surface area contributed by atoms with Crippen LogP contribution in [0.4, 0.5) is 5.69 Å². The average Bonchev–Trinajstić information content (AvgIpc) is 3.14. The monoisotopic (exact) mass is 786 g/mol. The summed E-state index contributed by atoms with van der Waals surface area (Å²) in [6.07, 6.45) is 19.0. The normalized spacial score (nSPS) is 15.8. The smallest absolute Gasteiger partial charge is 0.381 e. The second kappa shape index (κ2) is 21.5. The number of nitrogen functional groups attached to an aromatic ring is 1. The van der Waals surface area contributed by atoms with E-state index in [9.17, 15) is 9.59 Å². The zero-order valence-corrected chi connectivity index (χ0v) is 34.8. The molecule has 0 aliphatic carbocycles. The van der Waals surface area contributed by atoms with E-state index in [2.05, 4.69) is 52.8 Å². The zero-order chi connectivity index (χ0) is 40.4. The van der Waals surface area contributed by atoms with Gasteiger partial charge in [0.1, 0.15) is 22.9 Å². The second-order valence-electron chi connectivity index (χ2n) is 16.2. The molecular weight excluding hydrogens is 717 g/mol. The molecule has 5 rings (SSSR count). The van der Waals surface area contributed by atoms with Crippen LogP contribution in [0.2, 0.25) is 0 Å². The highest BCUT2D eigenvalue weighted by atomic mass is 16.5. The Labute approximate surface area is 349 Å². The van der Waals surface area contributed by atoms with Crippen LogP contribution in [-0.2, 0) is 16.0 Å². The molecular formula is C52H69N2O4+. The van der Waals surface area contributed by atoms with Crippen molar-refractivity contribution in [3.63, 3.8) is 0 Å². The minimum absolute atomic E-state index is 0. The van der Waals surface area contributed by atoms with Crippen LogP contribution in [0.3, 0.4) is 0 Å². The number of esters is 1. The van der Waals surface area contributed by atoms with Crippen LogP contribution in [0.15, 0.2) is 102 Å². The first-order valence-electron chi connectivity index (χ1n) is 20.2. The van der Waals surface area contributed by atoms with E-state index in [0.29, 0.717) is 11.4 Å². The molecule has 6 heteroatoms. The van der Waals surface area contributed by atoms with Crippen molar-refractivity contribution >= 4 is 40.5 Å². The molecule has 1 aromatic heterocycles. The van der Waals surface area contributed by atoms with E-state index >= 15 is 0 Å². The Morgan fingerprint density at radius 2 is 1.52 bits per heavy atom. The van der Waals surface area contributed by atoms with Crippen molar-refractivity contribution in [2.45, 2.75) is 140 Å². The molecule has 58 heavy (non-hydrogen) atoms. The molecule has 0 spiro atoms. The number of hydrogen-bond acceptors (Lipinski definition) is 5. The molecule has 0 radical (unpaired) electrons. The topological polar surface area (TPSA) is 82.5 Å². The molecule has 0 amide bonds. The molecule has 310 valence electrons. The van der Waals surface area contributed by atoms with Crippen molar-refractivity contribution in [1.29, 1.82) is 0 Å². The molecule has 0 fully saturated rings. The summed E-state index contributed by atoms with van der Waals surface area (Å²) < 4.78 is 15.0. The maximum Gasteiger partial charge on any atom is 0.381 e. The largest absolute Gasteiger partial charge is 0.487 e. The molecule has 2 unspecified atom stereocenters. The number of benzene rings is 3. The molecule has 3 aromatic carbocycles. The van der Waals surface area contributed by atoms with Gasteiger partial charge in [-0.25, -0.2) is 4.79 Å². The fourth-order valence-electron chi connectivity index (χ4n) is 7.61. The van der Waals surface area contributed by atoms with Gasteiger partial charge in [0.05, 0.1) is 6.42 Å². The Morgan fingerprint density at radius 3 is 2.19 bits per heavy atom. The molecule has 1 aliphatic heterocycles. The maximum absolute atomic E-state index is 14.4. The average molecular weight is 786 g/mol.